The second-order valence-corrected chi connectivity index (χ2v) is 8.72. The Morgan fingerprint density at radius 2 is 1.93 bits per heavy atom. The van der Waals surface area contributed by atoms with Gasteiger partial charge in [-0.05, 0) is 38.8 Å². The van der Waals surface area contributed by atoms with E-state index < -0.39 is 5.54 Å². The Bertz CT molecular complexity index is 734. The lowest BCUT2D eigenvalue weighted by Gasteiger charge is -2.50. The SMILES string of the molecule is COCC(=O)N1CCc2[nH]cnc2C12CCN(C(=O)C(C)CN1CCCC1)CC2. The van der Waals surface area contributed by atoms with Crippen molar-refractivity contribution in [2.45, 2.75) is 44.6 Å². The topological polar surface area (TPSA) is 81.8 Å². The number of imidazole rings is 1. The number of H-pyrrole nitrogens is 1. The molecule has 0 bridgehead atoms. The third-order valence-electron chi connectivity index (χ3n) is 6.88. The summed E-state index contributed by atoms with van der Waals surface area (Å²) in [4.78, 5) is 40.0. The first-order valence-corrected chi connectivity index (χ1v) is 10.9. The van der Waals surface area contributed by atoms with Gasteiger partial charge in [0.05, 0.1) is 17.6 Å². The van der Waals surface area contributed by atoms with E-state index in [9.17, 15) is 9.59 Å². The lowest BCUT2D eigenvalue weighted by molar-refractivity contribution is -0.148. The van der Waals surface area contributed by atoms with E-state index in [2.05, 4.69) is 14.9 Å². The molecule has 2 saturated heterocycles. The summed E-state index contributed by atoms with van der Waals surface area (Å²) in [7, 11) is 1.55. The number of aromatic amines is 1. The van der Waals surface area contributed by atoms with Crippen molar-refractivity contribution < 1.29 is 14.3 Å². The van der Waals surface area contributed by atoms with Crippen molar-refractivity contribution in [2.75, 3.05) is 53.0 Å². The maximum Gasteiger partial charge on any atom is 0.249 e. The number of nitrogens with zero attached hydrogens (tertiary/aromatic N) is 4. The van der Waals surface area contributed by atoms with Gasteiger partial charge in [-0.1, -0.05) is 6.92 Å². The van der Waals surface area contributed by atoms with Gasteiger partial charge in [-0.3, -0.25) is 9.59 Å². The minimum Gasteiger partial charge on any atom is -0.375 e. The number of piperidine rings is 1. The average molecular weight is 404 g/mol. The molecule has 3 aliphatic rings. The highest BCUT2D eigenvalue weighted by Gasteiger charge is 2.49. The molecule has 1 unspecified atom stereocenters. The van der Waals surface area contributed by atoms with Gasteiger partial charge in [-0.15, -0.1) is 0 Å². The highest BCUT2D eigenvalue weighted by molar-refractivity contribution is 5.80. The molecule has 3 aliphatic heterocycles. The molecule has 1 aromatic heterocycles. The van der Waals surface area contributed by atoms with Crippen LogP contribution in [0.4, 0.5) is 0 Å². The van der Waals surface area contributed by atoms with Gasteiger partial charge in [0, 0.05) is 51.3 Å². The number of carbonyl (C=O) groups excluding carboxylic acids is 2. The monoisotopic (exact) mass is 403 g/mol. The third-order valence-corrected chi connectivity index (χ3v) is 6.88. The van der Waals surface area contributed by atoms with Crippen LogP contribution in [0, 0.1) is 5.92 Å². The van der Waals surface area contributed by atoms with Crippen LogP contribution in [0.2, 0.25) is 0 Å². The lowest BCUT2D eigenvalue weighted by Crippen LogP contribution is -2.60. The normalized spacial score (nSPS) is 22.7. The van der Waals surface area contributed by atoms with E-state index in [1.54, 1.807) is 13.4 Å². The number of fused-ring (bicyclic) bond motifs is 2. The molecule has 0 aliphatic carbocycles. The Balaban J connectivity index is 1.46. The molecule has 1 aromatic rings. The van der Waals surface area contributed by atoms with Crippen molar-refractivity contribution in [1.29, 1.82) is 0 Å². The van der Waals surface area contributed by atoms with Crippen LogP contribution in [-0.4, -0.2) is 89.5 Å². The average Bonchev–Trinajstić information content (AvgIpc) is 3.41. The number of methoxy groups -OCH3 is 1. The number of ether oxygens (including phenoxy) is 1. The molecule has 2 amide bonds. The molecular formula is C21H33N5O3. The summed E-state index contributed by atoms with van der Waals surface area (Å²) in [5.74, 6) is 0.253. The number of carbonyl (C=O) groups is 2. The van der Waals surface area contributed by atoms with E-state index in [0.717, 1.165) is 50.3 Å². The molecular weight excluding hydrogens is 370 g/mol. The number of aromatic nitrogens is 2. The number of amides is 2. The van der Waals surface area contributed by atoms with E-state index in [-0.39, 0.29) is 24.3 Å². The van der Waals surface area contributed by atoms with Gasteiger partial charge in [0.1, 0.15) is 6.61 Å². The fraction of sp³-hybridized carbons (Fsp3) is 0.762. The summed E-state index contributed by atoms with van der Waals surface area (Å²) < 4.78 is 5.13. The van der Waals surface area contributed by atoms with Gasteiger partial charge in [0.2, 0.25) is 11.8 Å². The second-order valence-electron chi connectivity index (χ2n) is 8.72. The maximum atomic E-state index is 13.0. The number of hydrogen-bond acceptors (Lipinski definition) is 5. The van der Waals surface area contributed by atoms with Gasteiger partial charge >= 0.3 is 0 Å². The van der Waals surface area contributed by atoms with Crippen LogP contribution < -0.4 is 0 Å². The standard InChI is InChI=1S/C21H33N5O3/c1-16(13-24-8-3-4-9-24)20(28)25-11-6-21(7-12-25)19-17(22-15-23-19)5-10-26(21)18(27)14-29-2/h15-16H,3-14H2,1-2H3,(H,22,23). The zero-order chi connectivity index (χ0) is 20.4. The van der Waals surface area contributed by atoms with Crippen LogP contribution in [0.5, 0.6) is 0 Å². The van der Waals surface area contributed by atoms with Crippen molar-refractivity contribution in [2.24, 2.45) is 5.92 Å². The van der Waals surface area contributed by atoms with Crippen molar-refractivity contribution in [3.05, 3.63) is 17.7 Å². The molecule has 1 N–H and O–H groups in total. The second kappa shape index (κ2) is 8.44. The molecule has 8 heteroatoms. The van der Waals surface area contributed by atoms with Crippen LogP contribution in [-0.2, 0) is 26.3 Å². The van der Waals surface area contributed by atoms with E-state index >= 15 is 0 Å². The molecule has 29 heavy (non-hydrogen) atoms. The quantitative estimate of drug-likeness (QED) is 0.793. The van der Waals surface area contributed by atoms with Gasteiger partial charge in [-0.25, -0.2) is 4.98 Å². The summed E-state index contributed by atoms with van der Waals surface area (Å²) in [6.07, 6.45) is 6.44. The molecule has 8 nitrogen and oxygen atoms in total. The molecule has 4 rings (SSSR count). The molecule has 160 valence electrons. The minimum atomic E-state index is -0.432. The lowest BCUT2D eigenvalue weighted by atomic mass is 9.78. The zero-order valence-electron chi connectivity index (χ0n) is 17.7. The van der Waals surface area contributed by atoms with Crippen molar-refractivity contribution >= 4 is 11.8 Å². The van der Waals surface area contributed by atoms with Crippen LogP contribution >= 0.6 is 0 Å². The Labute approximate surface area is 172 Å². The number of rotatable bonds is 5. The number of hydrogen-bond donors (Lipinski definition) is 1. The van der Waals surface area contributed by atoms with E-state index in [1.807, 2.05) is 16.7 Å². The number of nitrogens with one attached hydrogen (secondary N) is 1. The Morgan fingerprint density at radius 1 is 1.21 bits per heavy atom. The smallest absolute Gasteiger partial charge is 0.249 e. The molecule has 0 radical (unpaired) electrons. The summed E-state index contributed by atoms with van der Waals surface area (Å²) in [6, 6.07) is 0. The summed E-state index contributed by atoms with van der Waals surface area (Å²) in [6.45, 7) is 7.18. The Kier molecular flexibility index (Phi) is 5.92. The number of likely N-dealkylation sites (tertiary alicyclic amines) is 2. The predicted molar refractivity (Wildman–Crippen MR) is 108 cm³/mol. The Hall–Kier alpha value is -1.93. The van der Waals surface area contributed by atoms with Crippen LogP contribution in [0.25, 0.3) is 0 Å². The predicted octanol–water partition coefficient (Wildman–Crippen LogP) is 0.990. The van der Waals surface area contributed by atoms with E-state index in [4.69, 9.17) is 4.74 Å². The van der Waals surface area contributed by atoms with E-state index in [1.165, 1.54) is 12.8 Å². The summed E-state index contributed by atoms with van der Waals surface area (Å²) >= 11 is 0. The first-order chi connectivity index (χ1) is 14.0. The van der Waals surface area contributed by atoms with Gasteiger partial charge in [-0.2, -0.15) is 0 Å². The largest absolute Gasteiger partial charge is 0.375 e. The summed E-state index contributed by atoms with van der Waals surface area (Å²) in [5.41, 5.74) is 1.66. The van der Waals surface area contributed by atoms with Crippen LogP contribution in [0.3, 0.4) is 0 Å². The molecule has 1 atom stereocenters. The minimum absolute atomic E-state index is 0.00308. The zero-order valence-corrected chi connectivity index (χ0v) is 17.7. The fourth-order valence-corrected chi connectivity index (χ4v) is 5.39. The highest BCUT2D eigenvalue weighted by Crippen LogP contribution is 2.42. The first-order valence-electron chi connectivity index (χ1n) is 10.9. The van der Waals surface area contributed by atoms with Gasteiger partial charge < -0.3 is 24.4 Å². The summed E-state index contributed by atoms with van der Waals surface area (Å²) in [5, 5.41) is 0. The van der Waals surface area contributed by atoms with Crippen molar-refractivity contribution in [1.82, 2.24) is 24.7 Å². The van der Waals surface area contributed by atoms with E-state index in [0.29, 0.717) is 19.6 Å². The van der Waals surface area contributed by atoms with Crippen LogP contribution in [0.1, 0.15) is 44.0 Å². The van der Waals surface area contributed by atoms with Gasteiger partial charge in [0.25, 0.3) is 0 Å². The van der Waals surface area contributed by atoms with Crippen molar-refractivity contribution in [3.8, 4) is 0 Å². The van der Waals surface area contributed by atoms with Crippen LogP contribution in [0.15, 0.2) is 6.33 Å². The molecule has 2 fully saturated rings. The third kappa shape index (κ3) is 3.80. The maximum absolute atomic E-state index is 13.0. The fourth-order valence-electron chi connectivity index (χ4n) is 5.39. The highest BCUT2D eigenvalue weighted by atomic mass is 16.5. The molecule has 0 saturated carbocycles. The van der Waals surface area contributed by atoms with Gasteiger partial charge in [0.15, 0.2) is 0 Å². The molecule has 0 aromatic carbocycles. The van der Waals surface area contributed by atoms with Crippen molar-refractivity contribution in [3.63, 3.8) is 0 Å². The molecule has 4 heterocycles. The Morgan fingerprint density at radius 3 is 2.62 bits per heavy atom. The molecule has 1 spiro atoms. The first kappa shape index (κ1) is 20.3.